The lowest BCUT2D eigenvalue weighted by atomic mass is 9.70. The number of benzene rings is 11. The van der Waals surface area contributed by atoms with E-state index >= 15 is 0 Å². The van der Waals surface area contributed by atoms with E-state index in [9.17, 15) is 0 Å². The van der Waals surface area contributed by atoms with Gasteiger partial charge in [0.1, 0.15) is 0 Å². The highest BCUT2D eigenvalue weighted by molar-refractivity contribution is 6.26. The van der Waals surface area contributed by atoms with E-state index < -0.39 is 5.41 Å². The van der Waals surface area contributed by atoms with Crippen LogP contribution in [0.1, 0.15) is 47.2 Å². The third-order valence-corrected chi connectivity index (χ3v) is 15.3. The Morgan fingerprint density at radius 2 is 0.769 bits per heavy atom. The van der Waals surface area contributed by atoms with Gasteiger partial charge in [-0.2, -0.15) is 0 Å². The molecule has 0 amide bonds. The fraction of sp³-hybridized carbons (Fsp3) is 0.0625. The van der Waals surface area contributed by atoms with Crippen molar-refractivity contribution in [2.24, 2.45) is 0 Å². The van der Waals surface area contributed by atoms with E-state index in [0.29, 0.717) is 0 Å². The van der Waals surface area contributed by atoms with Crippen LogP contribution in [0.25, 0.3) is 76.8 Å². The molecule has 0 N–H and O–H groups in total. The first-order valence-electron chi connectivity index (χ1n) is 22.9. The van der Waals surface area contributed by atoms with Crippen LogP contribution in [0.2, 0.25) is 0 Å². The molecule has 3 aliphatic carbocycles. The predicted octanol–water partition coefficient (Wildman–Crippen LogP) is 16.9. The second kappa shape index (κ2) is 13.3. The van der Waals surface area contributed by atoms with Gasteiger partial charge in [0, 0.05) is 22.4 Å². The summed E-state index contributed by atoms with van der Waals surface area (Å²) in [5.41, 5.74) is 21.2. The van der Waals surface area contributed by atoms with Gasteiger partial charge >= 0.3 is 0 Å². The fourth-order valence-corrected chi connectivity index (χ4v) is 12.4. The first-order chi connectivity index (χ1) is 32.0. The Bertz CT molecular complexity index is 3750. The summed E-state index contributed by atoms with van der Waals surface area (Å²) >= 11 is 0. The molecule has 1 heteroatoms. The van der Waals surface area contributed by atoms with E-state index in [1.54, 1.807) is 0 Å². The van der Waals surface area contributed by atoms with Gasteiger partial charge in [0.25, 0.3) is 0 Å². The molecule has 14 rings (SSSR count). The van der Waals surface area contributed by atoms with Crippen molar-refractivity contribution in [2.75, 3.05) is 4.90 Å². The average molecular weight is 826 g/mol. The van der Waals surface area contributed by atoms with Crippen LogP contribution in [0.15, 0.2) is 224 Å². The molecule has 11 aromatic carbocycles. The van der Waals surface area contributed by atoms with Gasteiger partial charge in [-0.05, 0) is 147 Å². The molecule has 0 radical (unpaired) electrons. The van der Waals surface area contributed by atoms with Crippen LogP contribution < -0.4 is 4.90 Å². The highest BCUT2D eigenvalue weighted by atomic mass is 15.1. The van der Waals surface area contributed by atoms with Crippen molar-refractivity contribution >= 4 is 49.4 Å². The fourth-order valence-electron chi connectivity index (χ4n) is 12.4. The lowest BCUT2D eigenvalue weighted by Gasteiger charge is -2.32. The van der Waals surface area contributed by atoms with Gasteiger partial charge in [0.15, 0.2) is 0 Å². The summed E-state index contributed by atoms with van der Waals surface area (Å²) < 4.78 is 0. The second-order valence-corrected chi connectivity index (χ2v) is 18.7. The Balaban J connectivity index is 1.03. The second-order valence-electron chi connectivity index (χ2n) is 18.7. The number of anilines is 3. The van der Waals surface area contributed by atoms with E-state index in [0.717, 1.165) is 11.4 Å². The van der Waals surface area contributed by atoms with Crippen molar-refractivity contribution in [3.63, 3.8) is 0 Å². The molecule has 0 saturated heterocycles. The van der Waals surface area contributed by atoms with Crippen LogP contribution in [0, 0.1) is 0 Å². The predicted molar refractivity (Wildman–Crippen MR) is 273 cm³/mol. The van der Waals surface area contributed by atoms with Gasteiger partial charge in [-0.25, -0.2) is 0 Å². The van der Waals surface area contributed by atoms with Crippen molar-refractivity contribution in [1.29, 1.82) is 0 Å². The first-order valence-corrected chi connectivity index (χ1v) is 22.9. The van der Waals surface area contributed by atoms with Gasteiger partial charge < -0.3 is 4.90 Å². The van der Waals surface area contributed by atoms with Crippen LogP contribution in [-0.2, 0) is 10.8 Å². The topological polar surface area (TPSA) is 3.24 Å². The lowest BCUT2D eigenvalue weighted by molar-refractivity contribution is 0.661. The molecule has 0 heterocycles. The Hall–Kier alpha value is -8.00. The normalized spacial score (nSPS) is 14.2. The van der Waals surface area contributed by atoms with Crippen LogP contribution >= 0.6 is 0 Å². The maximum absolute atomic E-state index is 2.53. The summed E-state index contributed by atoms with van der Waals surface area (Å²) in [7, 11) is 0. The number of nitrogens with zero attached hydrogens (tertiary/aromatic N) is 1. The molecule has 3 aliphatic rings. The number of fused-ring (bicyclic) bond motifs is 19. The maximum atomic E-state index is 2.53. The molecule has 11 aromatic rings. The molecule has 0 aliphatic heterocycles. The minimum absolute atomic E-state index is 0.186. The van der Waals surface area contributed by atoms with Crippen molar-refractivity contribution in [2.45, 2.75) is 24.7 Å². The first kappa shape index (κ1) is 36.5. The quantitative estimate of drug-likeness (QED) is 0.160. The molecular weight excluding hydrogens is 783 g/mol. The van der Waals surface area contributed by atoms with Crippen LogP contribution in [0.4, 0.5) is 17.1 Å². The van der Waals surface area contributed by atoms with Crippen molar-refractivity contribution in [3.8, 4) is 44.5 Å². The molecule has 0 atom stereocenters. The summed E-state index contributed by atoms with van der Waals surface area (Å²) in [6, 6.07) is 84.5. The van der Waals surface area contributed by atoms with Crippen LogP contribution in [-0.4, -0.2) is 0 Å². The van der Waals surface area contributed by atoms with E-state index in [2.05, 4.69) is 243 Å². The Morgan fingerprint density at radius 3 is 1.42 bits per heavy atom. The minimum atomic E-state index is -0.438. The molecule has 1 spiro atoms. The Labute approximate surface area is 379 Å². The molecule has 65 heavy (non-hydrogen) atoms. The summed E-state index contributed by atoms with van der Waals surface area (Å²) in [5.74, 6) is 0. The van der Waals surface area contributed by atoms with Gasteiger partial charge in [-0.3, -0.25) is 0 Å². The lowest BCUT2D eigenvalue weighted by Crippen LogP contribution is -2.26. The highest BCUT2D eigenvalue weighted by Crippen LogP contribution is 2.65. The monoisotopic (exact) mass is 825 g/mol. The van der Waals surface area contributed by atoms with E-state index in [1.165, 1.54) is 116 Å². The van der Waals surface area contributed by atoms with Crippen molar-refractivity contribution < 1.29 is 0 Å². The van der Waals surface area contributed by atoms with Gasteiger partial charge in [-0.1, -0.05) is 196 Å². The number of hydrogen-bond acceptors (Lipinski definition) is 1. The van der Waals surface area contributed by atoms with Gasteiger partial charge in [-0.15, -0.1) is 0 Å². The SMILES string of the molecule is CC1(C)c2ccc(N(c3ccc(-c4ccccc4)cc3)c3cccc4c3-c3ccccc3C43c4ccccc4-c4ccccc43)cc2-c2cc3c4ccccc4c4ccccc4c3cc21. The summed E-state index contributed by atoms with van der Waals surface area (Å²) in [6.45, 7) is 4.81. The summed E-state index contributed by atoms with van der Waals surface area (Å²) in [6.07, 6.45) is 0. The number of rotatable bonds is 4. The summed E-state index contributed by atoms with van der Waals surface area (Å²) in [5, 5.41) is 7.85. The van der Waals surface area contributed by atoms with Crippen LogP contribution in [0.5, 0.6) is 0 Å². The Kier molecular flexibility index (Phi) is 7.45. The average Bonchev–Trinajstić information content (AvgIpc) is 3.92. The zero-order chi connectivity index (χ0) is 43.0. The van der Waals surface area contributed by atoms with Gasteiger partial charge in [0.05, 0.1) is 11.1 Å². The molecule has 0 bridgehead atoms. The molecule has 1 nitrogen and oxygen atoms in total. The smallest absolute Gasteiger partial charge is 0.0726 e. The van der Waals surface area contributed by atoms with Gasteiger partial charge in [0.2, 0.25) is 0 Å². The van der Waals surface area contributed by atoms with Crippen molar-refractivity contribution in [3.05, 3.63) is 258 Å². The van der Waals surface area contributed by atoms with Crippen LogP contribution in [0.3, 0.4) is 0 Å². The third kappa shape index (κ3) is 4.82. The van der Waals surface area contributed by atoms with E-state index in [-0.39, 0.29) is 5.41 Å². The van der Waals surface area contributed by atoms with E-state index in [1.807, 2.05) is 0 Å². The molecule has 0 unspecified atom stereocenters. The Morgan fingerprint density at radius 1 is 0.292 bits per heavy atom. The van der Waals surface area contributed by atoms with Crippen molar-refractivity contribution in [1.82, 2.24) is 0 Å². The molecule has 304 valence electrons. The summed E-state index contributed by atoms with van der Waals surface area (Å²) in [4.78, 5) is 2.53. The molecule has 0 aromatic heterocycles. The molecular formula is C64H43N. The maximum Gasteiger partial charge on any atom is 0.0726 e. The van der Waals surface area contributed by atoms with E-state index in [4.69, 9.17) is 0 Å². The zero-order valence-corrected chi connectivity index (χ0v) is 36.3. The highest BCUT2D eigenvalue weighted by Gasteiger charge is 2.52. The third-order valence-electron chi connectivity index (χ3n) is 15.3. The largest absolute Gasteiger partial charge is 0.310 e. The standard InChI is InChI=1S/C64H43N/c1-63(2)55-36-35-43(37-53(55)54-38-51-46-21-8-6-19-44(46)45-20-7-9-22-47(45)52(51)39-60(54)63)65(42-33-31-41(32-34-42)40-17-4-3-5-18-40)61-30-16-29-59-62(61)50-25-12-15-28-58(50)64(59)56-26-13-10-23-48(56)49-24-11-14-27-57(49)64/h3-39H,1-2H3. The minimum Gasteiger partial charge on any atom is -0.310 e. The number of hydrogen-bond donors (Lipinski definition) is 0. The molecule has 0 fully saturated rings. The zero-order valence-electron chi connectivity index (χ0n) is 36.3. The molecule has 0 saturated carbocycles.